The van der Waals surface area contributed by atoms with E-state index in [-0.39, 0.29) is 11.8 Å². The summed E-state index contributed by atoms with van der Waals surface area (Å²) in [7, 11) is 0. The van der Waals surface area contributed by atoms with Gasteiger partial charge in [0.2, 0.25) is 5.91 Å². The molecule has 104 valence electrons. The first-order valence-electron chi connectivity index (χ1n) is 6.59. The van der Waals surface area contributed by atoms with Crippen LogP contribution in [0.15, 0.2) is 0 Å². The molecule has 18 heavy (non-hydrogen) atoms. The van der Waals surface area contributed by atoms with Crippen LogP contribution in [0.25, 0.3) is 0 Å². The van der Waals surface area contributed by atoms with Gasteiger partial charge < -0.3 is 15.7 Å². The topological polar surface area (TPSA) is 78.4 Å². The molecule has 2 atom stereocenters. The highest BCUT2D eigenvalue weighted by Crippen LogP contribution is 2.25. The van der Waals surface area contributed by atoms with Gasteiger partial charge in [-0.1, -0.05) is 13.8 Å². The molecule has 0 aromatic rings. The Labute approximate surface area is 108 Å². The molecule has 3 N–H and O–H groups in total. The highest BCUT2D eigenvalue weighted by Gasteiger charge is 2.36. The van der Waals surface area contributed by atoms with Gasteiger partial charge in [-0.3, -0.25) is 4.79 Å². The van der Waals surface area contributed by atoms with E-state index < -0.39 is 17.4 Å². The van der Waals surface area contributed by atoms with Crippen molar-refractivity contribution in [2.45, 2.75) is 46.1 Å². The molecule has 1 aliphatic heterocycles. The number of hydrogen-bond donors (Lipinski definition) is 3. The van der Waals surface area contributed by atoms with E-state index in [9.17, 15) is 9.59 Å². The van der Waals surface area contributed by atoms with Gasteiger partial charge in [-0.15, -0.1) is 0 Å². The first-order valence-corrected chi connectivity index (χ1v) is 6.59. The van der Waals surface area contributed by atoms with Crippen LogP contribution in [0.2, 0.25) is 0 Å². The SMILES string of the molecule is CC(C)CC(NC(=O)C1(C)CCCNC1)C(=O)O. The van der Waals surface area contributed by atoms with Gasteiger partial charge in [0.15, 0.2) is 0 Å². The van der Waals surface area contributed by atoms with Gasteiger partial charge in [0.25, 0.3) is 0 Å². The summed E-state index contributed by atoms with van der Waals surface area (Å²) in [6.07, 6.45) is 2.22. The van der Waals surface area contributed by atoms with E-state index >= 15 is 0 Å². The molecule has 0 spiro atoms. The van der Waals surface area contributed by atoms with Crippen LogP contribution in [-0.4, -0.2) is 36.1 Å². The minimum Gasteiger partial charge on any atom is -0.480 e. The van der Waals surface area contributed by atoms with Crippen molar-refractivity contribution in [1.29, 1.82) is 0 Å². The molecule has 0 aromatic heterocycles. The quantitative estimate of drug-likeness (QED) is 0.685. The Bertz CT molecular complexity index is 309. The van der Waals surface area contributed by atoms with Crippen molar-refractivity contribution in [2.75, 3.05) is 13.1 Å². The Balaban J connectivity index is 2.62. The standard InChI is InChI=1S/C13H24N2O3/c1-9(2)7-10(11(16)17)15-12(18)13(3)5-4-6-14-8-13/h9-10,14H,4-8H2,1-3H3,(H,15,18)(H,16,17). The third-order valence-electron chi connectivity index (χ3n) is 3.46. The summed E-state index contributed by atoms with van der Waals surface area (Å²) < 4.78 is 0. The number of aliphatic carboxylic acids is 1. The molecule has 1 heterocycles. The lowest BCUT2D eigenvalue weighted by atomic mass is 9.81. The Kier molecular flexibility index (Phi) is 5.14. The van der Waals surface area contributed by atoms with Crippen LogP contribution in [-0.2, 0) is 9.59 Å². The third kappa shape index (κ3) is 3.98. The van der Waals surface area contributed by atoms with Gasteiger partial charge in [-0.05, 0) is 38.6 Å². The van der Waals surface area contributed by atoms with Gasteiger partial charge in [0, 0.05) is 6.54 Å². The second kappa shape index (κ2) is 6.18. The zero-order valence-corrected chi connectivity index (χ0v) is 11.5. The lowest BCUT2D eigenvalue weighted by molar-refractivity contribution is -0.144. The van der Waals surface area contributed by atoms with Crippen LogP contribution >= 0.6 is 0 Å². The maximum Gasteiger partial charge on any atom is 0.326 e. The highest BCUT2D eigenvalue weighted by molar-refractivity contribution is 5.87. The van der Waals surface area contributed by atoms with E-state index in [1.165, 1.54) is 0 Å². The van der Waals surface area contributed by atoms with Crippen molar-refractivity contribution in [3.8, 4) is 0 Å². The molecular formula is C13H24N2O3. The maximum absolute atomic E-state index is 12.2. The third-order valence-corrected chi connectivity index (χ3v) is 3.46. The van der Waals surface area contributed by atoms with E-state index in [4.69, 9.17) is 5.11 Å². The number of rotatable bonds is 5. The summed E-state index contributed by atoms with van der Waals surface area (Å²) in [5.41, 5.74) is -0.483. The normalized spacial score (nSPS) is 25.8. The fraction of sp³-hybridized carbons (Fsp3) is 0.846. The minimum absolute atomic E-state index is 0.150. The Morgan fingerprint density at radius 1 is 1.44 bits per heavy atom. The summed E-state index contributed by atoms with van der Waals surface area (Å²) in [6, 6.07) is -0.781. The zero-order valence-electron chi connectivity index (χ0n) is 11.5. The lowest BCUT2D eigenvalue weighted by Crippen LogP contribution is -2.53. The van der Waals surface area contributed by atoms with E-state index in [0.29, 0.717) is 13.0 Å². The zero-order chi connectivity index (χ0) is 13.8. The smallest absolute Gasteiger partial charge is 0.326 e. The summed E-state index contributed by atoms with van der Waals surface area (Å²) in [4.78, 5) is 23.3. The number of nitrogens with one attached hydrogen (secondary N) is 2. The van der Waals surface area contributed by atoms with Crippen LogP contribution in [0.1, 0.15) is 40.0 Å². The van der Waals surface area contributed by atoms with E-state index in [1.54, 1.807) is 0 Å². The summed E-state index contributed by atoms with van der Waals surface area (Å²) in [5.74, 6) is -0.865. The lowest BCUT2D eigenvalue weighted by Gasteiger charge is -2.33. The summed E-state index contributed by atoms with van der Waals surface area (Å²) in [5, 5.41) is 15.0. The predicted molar refractivity (Wildman–Crippen MR) is 69.2 cm³/mol. The molecule has 0 aromatic carbocycles. The van der Waals surface area contributed by atoms with Gasteiger partial charge in [-0.2, -0.15) is 0 Å². The number of piperidine rings is 1. The number of carbonyl (C=O) groups is 2. The molecule has 0 aliphatic carbocycles. The number of carboxylic acid groups (broad SMARTS) is 1. The molecule has 1 fully saturated rings. The molecule has 5 heteroatoms. The average molecular weight is 256 g/mol. The van der Waals surface area contributed by atoms with Crippen LogP contribution in [0.4, 0.5) is 0 Å². The molecule has 0 saturated carbocycles. The van der Waals surface area contributed by atoms with Gasteiger partial charge in [0.05, 0.1) is 5.41 Å². The molecule has 2 unspecified atom stereocenters. The van der Waals surface area contributed by atoms with Gasteiger partial charge in [0.1, 0.15) is 6.04 Å². The molecule has 1 rings (SSSR count). The van der Waals surface area contributed by atoms with Gasteiger partial charge >= 0.3 is 5.97 Å². The van der Waals surface area contributed by atoms with Crippen LogP contribution in [0.5, 0.6) is 0 Å². The molecule has 0 radical (unpaired) electrons. The second-order valence-electron chi connectivity index (χ2n) is 5.83. The minimum atomic E-state index is -0.954. The van der Waals surface area contributed by atoms with Crippen LogP contribution in [0.3, 0.4) is 0 Å². The maximum atomic E-state index is 12.2. The summed E-state index contributed by atoms with van der Waals surface area (Å²) in [6.45, 7) is 7.34. The van der Waals surface area contributed by atoms with Crippen LogP contribution < -0.4 is 10.6 Å². The van der Waals surface area contributed by atoms with Crippen molar-refractivity contribution in [2.24, 2.45) is 11.3 Å². The Morgan fingerprint density at radius 3 is 2.56 bits per heavy atom. The first kappa shape index (κ1) is 15.0. The number of hydrogen-bond acceptors (Lipinski definition) is 3. The fourth-order valence-corrected chi connectivity index (χ4v) is 2.28. The Morgan fingerprint density at radius 2 is 2.11 bits per heavy atom. The first-order chi connectivity index (χ1) is 8.35. The largest absolute Gasteiger partial charge is 0.480 e. The Hall–Kier alpha value is -1.10. The van der Waals surface area contributed by atoms with Crippen molar-refractivity contribution in [3.63, 3.8) is 0 Å². The van der Waals surface area contributed by atoms with Crippen LogP contribution in [0, 0.1) is 11.3 Å². The molecule has 1 amide bonds. The number of carbonyl (C=O) groups excluding carboxylic acids is 1. The molecule has 1 aliphatic rings. The molecule has 5 nitrogen and oxygen atoms in total. The molecule has 1 saturated heterocycles. The fourth-order valence-electron chi connectivity index (χ4n) is 2.28. The molecular weight excluding hydrogens is 232 g/mol. The monoisotopic (exact) mass is 256 g/mol. The predicted octanol–water partition coefficient (Wildman–Crippen LogP) is 0.992. The van der Waals surface area contributed by atoms with Crippen molar-refractivity contribution >= 4 is 11.9 Å². The van der Waals surface area contributed by atoms with E-state index in [2.05, 4.69) is 10.6 Å². The second-order valence-corrected chi connectivity index (χ2v) is 5.83. The van der Waals surface area contributed by atoms with Crippen molar-refractivity contribution in [1.82, 2.24) is 10.6 Å². The summed E-state index contributed by atoms with van der Waals surface area (Å²) >= 11 is 0. The van der Waals surface area contributed by atoms with Crippen molar-refractivity contribution < 1.29 is 14.7 Å². The number of carboxylic acids is 1. The van der Waals surface area contributed by atoms with Crippen molar-refractivity contribution in [3.05, 3.63) is 0 Å². The highest BCUT2D eigenvalue weighted by atomic mass is 16.4. The molecule has 0 bridgehead atoms. The average Bonchev–Trinajstić information content (AvgIpc) is 2.28. The van der Waals surface area contributed by atoms with E-state index in [0.717, 1.165) is 19.4 Å². The van der Waals surface area contributed by atoms with E-state index in [1.807, 2.05) is 20.8 Å². The van der Waals surface area contributed by atoms with Gasteiger partial charge in [-0.25, -0.2) is 4.79 Å². The number of amides is 1.